The van der Waals surface area contributed by atoms with Crippen molar-refractivity contribution in [3.63, 3.8) is 0 Å². The minimum atomic E-state index is -4.21. The molecule has 1 aromatic rings. The standard InChI is InChI=1S/C13H18F2N2O2S/c1-8(2)17(7-9-3-4-9)20(18,19)13-11(14)5-10(16)6-12(13)15/h5-6,8-9H,3-4,7,16H2,1-2H3. The number of rotatable bonds is 5. The quantitative estimate of drug-likeness (QED) is 0.849. The van der Waals surface area contributed by atoms with Crippen LogP contribution in [0.4, 0.5) is 14.5 Å². The van der Waals surface area contributed by atoms with Crippen molar-refractivity contribution in [1.82, 2.24) is 4.31 Å². The van der Waals surface area contributed by atoms with E-state index in [1.165, 1.54) is 0 Å². The summed E-state index contributed by atoms with van der Waals surface area (Å²) in [5, 5.41) is 0. The topological polar surface area (TPSA) is 63.4 Å². The number of halogens is 2. The molecule has 0 saturated heterocycles. The summed E-state index contributed by atoms with van der Waals surface area (Å²) in [7, 11) is -4.21. The predicted molar refractivity (Wildman–Crippen MR) is 72.5 cm³/mol. The van der Waals surface area contributed by atoms with Gasteiger partial charge in [-0.3, -0.25) is 0 Å². The van der Waals surface area contributed by atoms with E-state index in [1.807, 2.05) is 0 Å². The molecule has 20 heavy (non-hydrogen) atoms. The van der Waals surface area contributed by atoms with Crippen LogP contribution in [0, 0.1) is 17.6 Å². The first-order chi connectivity index (χ1) is 9.23. The smallest absolute Gasteiger partial charge is 0.249 e. The lowest BCUT2D eigenvalue weighted by molar-refractivity contribution is 0.337. The van der Waals surface area contributed by atoms with Crippen LogP contribution in [-0.4, -0.2) is 25.3 Å². The molecular formula is C13H18F2N2O2S. The highest BCUT2D eigenvalue weighted by Crippen LogP contribution is 2.33. The summed E-state index contributed by atoms with van der Waals surface area (Å²) in [6.07, 6.45) is 1.90. The molecule has 0 aliphatic heterocycles. The van der Waals surface area contributed by atoms with Gasteiger partial charge in [0.2, 0.25) is 10.0 Å². The molecule has 1 aromatic carbocycles. The molecule has 0 bridgehead atoms. The van der Waals surface area contributed by atoms with E-state index in [-0.39, 0.29) is 17.6 Å². The number of anilines is 1. The van der Waals surface area contributed by atoms with Gasteiger partial charge in [0.1, 0.15) is 11.6 Å². The van der Waals surface area contributed by atoms with Crippen molar-refractivity contribution < 1.29 is 17.2 Å². The molecule has 0 unspecified atom stereocenters. The molecule has 1 aliphatic carbocycles. The molecule has 1 aliphatic rings. The average molecular weight is 304 g/mol. The fraction of sp³-hybridized carbons (Fsp3) is 0.538. The van der Waals surface area contributed by atoms with Gasteiger partial charge in [-0.05, 0) is 44.7 Å². The Kier molecular flexibility index (Phi) is 4.02. The molecule has 2 N–H and O–H groups in total. The van der Waals surface area contributed by atoms with E-state index < -0.39 is 26.6 Å². The lowest BCUT2D eigenvalue weighted by Gasteiger charge is -2.26. The molecule has 1 fully saturated rings. The van der Waals surface area contributed by atoms with Gasteiger partial charge >= 0.3 is 0 Å². The van der Waals surface area contributed by atoms with E-state index >= 15 is 0 Å². The van der Waals surface area contributed by atoms with Gasteiger partial charge in [0, 0.05) is 18.3 Å². The molecule has 112 valence electrons. The van der Waals surface area contributed by atoms with E-state index in [2.05, 4.69) is 0 Å². The van der Waals surface area contributed by atoms with Gasteiger partial charge in [0.25, 0.3) is 0 Å². The SMILES string of the molecule is CC(C)N(CC1CC1)S(=O)(=O)c1c(F)cc(N)cc1F. The van der Waals surface area contributed by atoms with Crippen molar-refractivity contribution in [2.24, 2.45) is 5.92 Å². The number of benzene rings is 1. The summed E-state index contributed by atoms with van der Waals surface area (Å²) in [6.45, 7) is 3.67. The zero-order chi connectivity index (χ0) is 15.1. The second kappa shape index (κ2) is 5.29. The first-order valence-corrected chi connectivity index (χ1v) is 7.94. The third-order valence-electron chi connectivity index (χ3n) is 3.30. The Morgan fingerprint density at radius 1 is 1.30 bits per heavy atom. The summed E-state index contributed by atoms with van der Waals surface area (Å²) >= 11 is 0. The minimum absolute atomic E-state index is 0.141. The molecule has 0 heterocycles. The van der Waals surface area contributed by atoms with Crippen LogP contribution in [0.2, 0.25) is 0 Å². The summed E-state index contributed by atoms with van der Waals surface area (Å²) in [5.41, 5.74) is 5.17. The zero-order valence-electron chi connectivity index (χ0n) is 11.4. The monoisotopic (exact) mass is 304 g/mol. The molecule has 0 aromatic heterocycles. The van der Waals surface area contributed by atoms with Crippen LogP contribution in [0.1, 0.15) is 26.7 Å². The number of hydrogen-bond donors (Lipinski definition) is 1. The summed E-state index contributed by atoms with van der Waals surface area (Å²) in [6, 6.07) is 1.29. The van der Waals surface area contributed by atoms with Crippen LogP contribution in [0.5, 0.6) is 0 Å². The van der Waals surface area contributed by atoms with Gasteiger partial charge < -0.3 is 5.73 Å². The molecule has 0 amide bonds. The Bertz CT molecular complexity index is 590. The largest absolute Gasteiger partial charge is 0.399 e. The number of nitrogen functional groups attached to an aromatic ring is 1. The third kappa shape index (κ3) is 2.93. The summed E-state index contributed by atoms with van der Waals surface area (Å²) in [4.78, 5) is -0.916. The second-order valence-electron chi connectivity index (χ2n) is 5.43. The minimum Gasteiger partial charge on any atom is -0.399 e. The Labute approximate surface area is 117 Å². The van der Waals surface area contributed by atoms with Crippen molar-refractivity contribution in [1.29, 1.82) is 0 Å². The van der Waals surface area contributed by atoms with Gasteiger partial charge in [-0.1, -0.05) is 0 Å². The lowest BCUT2D eigenvalue weighted by atomic mass is 10.3. The molecular weight excluding hydrogens is 286 g/mol. The summed E-state index contributed by atoms with van der Waals surface area (Å²) in [5.74, 6) is -2.01. The highest BCUT2D eigenvalue weighted by molar-refractivity contribution is 7.89. The first-order valence-electron chi connectivity index (χ1n) is 6.50. The van der Waals surface area contributed by atoms with Crippen LogP contribution < -0.4 is 5.73 Å². The maximum Gasteiger partial charge on any atom is 0.249 e. The van der Waals surface area contributed by atoms with Crippen molar-refractivity contribution >= 4 is 15.7 Å². The van der Waals surface area contributed by atoms with Gasteiger partial charge in [-0.2, -0.15) is 4.31 Å². The van der Waals surface area contributed by atoms with Crippen LogP contribution in [0.15, 0.2) is 17.0 Å². The van der Waals surface area contributed by atoms with Gasteiger partial charge in [0.05, 0.1) is 0 Å². The Balaban J connectivity index is 2.47. The van der Waals surface area contributed by atoms with E-state index in [9.17, 15) is 17.2 Å². The van der Waals surface area contributed by atoms with Crippen LogP contribution in [0.3, 0.4) is 0 Å². The van der Waals surface area contributed by atoms with Crippen molar-refractivity contribution in [3.8, 4) is 0 Å². The maximum atomic E-state index is 13.9. The van der Waals surface area contributed by atoms with Crippen LogP contribution >= 0.6 is 0 Å². The van der Waals surface area contributed by atoms with E-state index in [1.54, 1.807) is 13.8 Å². The highest BCUT2D eigenvalue weighted by Gasteiger charge is 2.36. The zero-order valence-corrected chi connectivity index (χ0v) is 12.3. The van der Waals surface area contributed by atoms with Crippen molar-refractivity contribution in [2.45, 2.75) is 37.6 Å². The molecule has 2 rings (SSSR count). The van der Waals surface area contributed by atoms with Crippen molar-refractivity contribution in [2.75, 3.05) is 12.3 Å². The fourth-order valence-corrected chi connectivity index (χ4v) is 3.89. The van der Waals surface area contributed by atoms with Crippen molar-refractivity contribution in [3.05, 3.63) is 23.8 Å². The highest BCUT2D eigenvalue weighted by atomic mass is 32.2. The number of nitrogens with two attached hydrogens (primary N) is 1. The molecule has 0 spiro atoms. The summed E-state index contributed by atoms with van der Waals surface area (Å²) < 4.78 is 53.9. The van der Waals surface area contributed by atoms with Crippen LogP contribution in [-0.2, 0) is 10.0 Å². The van der Waals surface area contributed by atoms with Gasteiger partial charge in [0.15, 0.2) is 4.90 Å². The predicted octanol–water partition coefficient (Wildman–Crippen LogP) is 2.36. The van der Waals surface area contributed by atoms with Crippen LogP contribution in [0.25, 0.3) is 0 Å². The molecule has 7 heteroatoms. The second-order valence-corrected chi connectivity index (χ2v) is 7.25. The Morgan fingerprint density at radius 2 is 1.80 bits per heavy atom. The Morgan fingerprint density at radius 3 is 2.20 bits per heavy atom. The molecule has 1 saturated carbocycles. The Hall–Kier alpha value is -1.21. The van der Waals surface area contributed by atoms with E-state index in [4.69, 9.17) is 5.73 Å². The maximum absolute atomic E-state index is 13.9. The molecule has 0 atom stereocenters. The number of nitrogens with zero attached hydrogens (tertiary/aromatic N) is 1. The van der Waals surface area contributed by atoms with Gasteiger partial charge in [-0.15, -0.1) is 0 Å². The number of hydrogen-bond acceptors (Lipinski definition) is 3. The average Bonchev–Trinajstić information content (AvgIpc) is 3.06. The fourth-order valence-electron chi connectivity index (χ4n) is 2.08. The normalized spacial score (nSPS) is 16.1. The third-order valence-corrected chi connectivity index (χ3v) is 5.39. The lowest BCUT2D eigenvalue weighted by Crippen LogP contribution is -2.39. The molecule has 4 nitrogen and oxygen atoms in total. The number of sulfonamides is 1. The van der Waals surface area contributed by atoms with E-state index in [0.29, 0.717) is 6.54 Å². The van der Waals surface area contributed by atoms with Gasteiger partial charge in [-0.25, -0.2) is 17.2 Å². The first kappa shape index (κ1) is 15.2. The van der Waals surface area contributed by atoms with E-state index in [0.717, 1.165) is 29.3 Å². The molecule has 0 radical (unpaired) electrons.